The van der Waals surface area contributed by atoms with Gasteiger partial charge in [-0.1, -0.05) is 34.6 Å². The van der Waals surface area contributed by atoms with E-state index in [1.54, 1.807) is 25.7 Å². The van der Waals surface area contributed by atoms with Gasteiger partial charge in [0.15, 0.2) is 0 Å². The number of fused-ring (bicyclic) bond motifs is 2. The molecule has 3 saturated heterocycles. The van der Waals surface area contributed by atoms with Crippen molar-refractivity contribution < 1.29 is 33.6 Å². The predicted octanol–water partition coefficient (Wildman–Crippen LogP) is -0.260. The Morgan fingerprint density at radius 1 is 1.04 bits per heavy atom. The molecule has 0 radical (unpaired) electrons. The third-order valence-corrected chi connectivity index (χ3v) is 10.2. The molecule has 1 aliphatic carbocycles. The van der Waals surface area contributed by atoms with Crippen molar-refractivity contribution in [2.24, 2.45) is 11.3 Å². The Balaban J connectivity index is 1.42. The molecule has 4 heterocycles. The van der Waals surface area contributed by atoms with Crippen molar-refractivity contribution in [1.29, 1.82) is 0 Å². The maximum atomic E-state index is 14.7. The molecule has 1 saturated carbocycles. The SMILES string of the molecule is CCN1C(=O)C2CCCN2C12C[C@@H](C(=O)NC(CC(C)C)C(=O)C(=O)NC1CC1)N(C(=O)[C@@H](NC(=O)CNC(=O)c1cnccn1)C(C)(C)C)C2. The zero-order valence-corrected chi connectivity index (χ0v) is 30.4. The van der Waals surface area contributed by atoms with E-state index in [0.717, 1.165) is 19.3 Å². The third-order valence-electron chi connectivity index (χ3n) is 10.2. The maximum absolute atomic E-state index is 14.7. The largest absolute Gasteiger partial charge is 0.347 e. The Morgan fingerprint density at radius 2 is 1.76 bits per heavy atom. The Labute approximate surface area is 298 Å². The normalized spacial score (nSPS) is 24.3. The number of likely N-dealkylation sites (N-methyl/N-ethyl adjacent to an activating group) is 1. The van der Waals surface area contributed by atoms with Crippen LogP contribution in [0.25, 0.3) is 0 Å². The smallest absolute Gasteiger partial charge is 0.289 e. The molecule has 51 heavy (non-hydrogen) atoms. The molecular formula is C35H51N9O7. The van der Waals surface area contributed by atoms with Crippen LogP contribution in [0, 0.1) is 11.3 Å². The van der Waals surface area contributed by atoms with Crippen molar-refractivity contribution in [2.75, 3.05) is 26.2 Å². The summed E-state index contributed by atoms with van der Waals surface area (Å²) >= 11 is 0. The van der Waals surface area contributed by atoms with E-state index in [1.165, 1.54) is 23.5 Å². The minimum atomic E-state index is -1.14. The van der Waals surface area contributed by atoms with Crippen molar-refractivity contribution in [3.63, 3.8) is 0 Å². The van der Waals surface area contributed by atoms with E-state index in [-0.39, 0.29) is 49.0 Å². The Hall–Kier alpha value is -4.47. The number of rotatable bonds is 13. The Kier molecular flexibility index (Phi) is 11.1. The van der Waals surface area contributed by atoms with Crippen LogP contribution in [0.2, 0.25) is 0 Å². The van der Waals surface area contributed by atoms with Crippen LogP contribution in [0.15, 0.2) is 18.6 Å². The number of likely N-dealkylation sites (tertiary alicyclic amines) is 1. The highest BCUT2D eigenvalue weighted by molar-refractivity contribution is 6.38. The molecule has 6 amide bonds. The van der Waals surface area contributed by atoms with Gasteiger partial charge in [-0.15, -0.1) is 0 Å². The standard InChI is InChI=1S/C35H51N9O7/c1-7-43-32(50)24-9-8-14-44(24)35(43)16-25(30(48)40-22(15-20(2)3)27(46)31(49)39-21-10-11-21)42(19-35)33(51)28(34(4,5)6)41-26(45)18-38-29(47)23-17-36-12-13-37-23/h12-13,17,20-22,24-25,28H,7-11,14-16,18-19H2,1-6H3,(H,38,47)(H,39,49)(H,40,48)(H,41,45)/t22?,24?,25-,28+,35?/m0/s1. The molecule has 4 fully saturated rings. The zero-order chi connectivity index (χ0) is 37.2. The van der Waals surface area contributed by atoms with Crippen molar-refractivity contribution in [1.82, 2.24) is 45.9 Å². The predicted molar refractivity (Wildman–Crippen MR) is 183 cm³/mol. The van der Waals surface area contributed by atoms with Crippen LogP contribution in [-0.4, -0.2) is 128 Å². The molecule has 0 aromatic carbocycles. The summed E-state index contributed by atoms with van der Waals surface area (Å²) in [7, 11) is 0. The number of aromatic nitrogens is 2. The molecule has 16 heteroatoms. The van der Waals surface area contributed by atoms with E-state index in [9.17, 15) is 33.6 Å². The van der Waals surface area contributed by atoms with Gasteiger partial charge >= 0.3 is 0 Å². The molecule has 3 aliphatic heterocycles. The quantitative estimate of drug-likeness (QED) is 0.198. The highest BCUT2D eigenvalue weighted by Gasteiger charge is 2.64. The van der Waals surface area contributed by atoms with Gasteiger partial charge in [0.2, 0.25) is 29.4 Å². The summed E-state index contributed by atoms with van der Waals surface area (Å²) in [5.41, 5.74) is -1.79. The summed E-state index contributed by atoms with van der Waals surface area (Å²) in [6.45, 7) is 11.5. The van der Waals surface area contributed by atoms with Gasteiger partial charge in [-0.05, 0) is 50.4 Å². The van der Waals surface area contributed by atoms with Gasteiger partial charge in [0.25, 0.3) is 11.8 Å². The summed E-state index contributed by atoms with van der Waals surface area (Å²) < 4.78 is 0. The Morgan fingerprint density at radius 3 is 2.37 bits per heavy atom. The lowest BCUT2D eigenvalue weighted by Crippen LogP contribution is -2.60. The van der Waals surface area contributed by atoms with E-state index in [2.05, 4.69) is 36.1 Å². The molecule has 5 atom stereocenters. The van der Waals surface area contributed by atoms with Crippen LogP contribution in [0.5, 0.6) is 0 Å². The van der Waals surface area contributed by atoms with Gasteiger partial charge in [-0.3, -0.25) is 43.4 Å². The van der Waals surface area contributed by atoms with Crippen molar-refractivity contribution in [3.8, 4) is 0 Å². The number of ketones is 1. The summed E-state index contributed by atoms with van der Waals surface area (Å²) in [5, 5.41) is 10.8. The molecule has 16 nitrogen and oxygen atoms in total. The lowest BCUT2D eigenvalue weighted by Gasteiger charge is -2.40. The summed E-state index contributed by atoms with van der Waals surface area (Å²) in [4.78, 5) is 108. The fourth-order valence-electron chi connectivity index (χ4n) is 7.56. The summed E-state index contributed by atoms with van der Waals surface area (Å²) in [6, 6.07) is -3.78. The molecule has 4 aliphatic rings. The minimum Gasteiger partial charge on any atom is -0.347 e. The number of hydrogen-bond donors (Lipinski definition) is 4. The molecule has 1 aromatic rings. The molecular weight excluding hydrogens is 658 g/mol. The van der Waals surface area contributed by atoms with E-state index in [1.807, 2.05) is 20.8 Å². The fraction of sp³-hybridized carbons (Fsp3) is 0.686. The maximum Gasteiger partial charge on any atom is 0.289 e. The first-order chi connectivity index (χ1) is 24.1. The van der Waals surface area contributed by atoms with E-state index in [4.69, 9.17) is 0 Å². The van der Waals surface area contributed by atoms with Crippen LogP contribution < -0.4 is 21.3 Å². The van der Waals surface area contributed by atoms with Crippen LogP contribution in [0.3, 0.4) is 0 Å². The number of nitrogens with one attached hydrogen (secondary N) is 4. The molecule has 3 unspecified atom stereocenters. The van der Waals surface area contributed by atoms with Crippen LogP contribution in [-0.2, 0) is 28.8 Å². The van der Waals surface area contributed by atoms with Gasteiger partial charge in [-0.25, -0.2) is 4.98 Å². The number of hydrogen-bond acceptors (Lipinski definition) is 10. The number of carbonyl (C=O) groups is 7. The molecule has 4 N–H and O–H groups in total. The summed E-state index contributed by atoms with van der Waals surface area (Å²) in [6.07, 6.45) is 7.39. The molecule has 1 spiro atoms. The molecule has 5 rings (SSSR count). The second-order valence-corrected chi connectivity index (χ2v) is 15.5. The first-order valence-corrected chi connectivity index (χ1v) is 17.9. The average molecular weight is 710 g/mol. The van der Waals surface area contributed by atoms with Gasteiger partial charge in [0.05, 0.1) is 31.4 Å². The molecule has 1 aromatic heterocycles. The third kappa shape index (κ3) is 8.05. The zero-order valence-electron chi connectivity index (χ0n) is 30.4. The van der Waals surface area contributed by atoms with Gasteiger partial charge in [-0.2, -0.15) is 0 Å². The number of Topliss-reactive ketones (excluding diaryl/α,β-unsaturated/α-hetero) is 1. The number of amides is 6. The number of carbonyl (C=O) groups excluding carboxylic acids is 7. The monoisotopic (exact) mass is 709 g/mol. The van der Waals surface area contributed by atoms with E-state index < -0.39 is 71.1 Å². The lowest BCUT2D eigenvalue weighted by molar-refractivity contribution is -0.145. The van der Waals surface area contributed by atoms with Gasteiger partial charge in [0.1, 0.15) is 23.4 Å². The van der Waals surface area contributed by atoms with E-state index >= 15 is 0 Å². The van der Waals surface area contributed by atoms with Crippen LogP contribution in [0.4, 0.5) is 0 Å². The first-order valence-electron chi connectivity index (χ1n) is 17.9. The topological polar surface area (TPSA) is 203 Å². The van der Waals surface area contributed by atoms with Gasteiger partial charge < -0.3 is 31.1 Å². The molecule has 0 bridgehead atoms. The summed E-state index contributed by atoms with van der Waals surface area (Å²) in [5.74, 6) is -3.99. The number of nitrogens with zero attached hydrogens (tertiary/aromatic N) is 5. The highest BCUT2D eigenvalue weighted by atomic mass is 16.2. The second kappa shape index (κ2) is 15.0. The van der Waals surface area contributed by atoms with Crippen LogP contribution >= 0.6 is 0 Å². The Bertz CT molecular complexity index is 1540. The van der Waals surface area contributed by atoms with Gasteiger partial charge in [0, 0.05) is 37.9 Å². The lowest BCUT2D eigenvalue weighted by atomic mass is 9.85. The van der Waals surface area contributed by atoms with Crippen molar-refractivity contribution in [2.45, 2.75) is 116 Å². The first kappa shape index (κ1) is 37.8. The van der Waals surface area contributed by atoms with Crippen LogP contribution in [0.1, 0.15) is 90.6 Å². The molecule has 278 valence electrons. The minimum absolute atomic E-state index is 0.0107. The second-order valence-electron chi connectivity index (χ2n) is 15.5. The van der Waals surface area contributed by atoms with E-state index in [0.29, 0.717) is 19.5 Å². The van der Waals surface area contributed by atoms with Crippen molar-refractivity contribution >= 4 is 41.2 Å². The average Bonchev–Trinajstić information content (AvgIpc) is 3.51. The highest BCUT2D eigenvalue weighted by Crippen LogP contribution is 2.46. The van der Waals surface area contributed by atoms with Crippen molar-refractivity contribution in [3.05, 3.63) is 24.3 Å². The fourth-order valence-corrected chi connectivity index (χ4v) is 7.56.